The Morgan fingerprint density at radius 2 is 0.897 bits per heavy atom. The van der Waals surface area contributed by atoms with Crippen molar-refractivity contribution < 1.29 is 37.3 Å². The van der Waals surface area contributed by atoms with Gasteiger partial charge in [0.05, 0.1) is 33.8 Å². The van der Waals surface area contributed by atoms with E-state index in [0.29, 0.717) is 23.9 Å². The zero-order valence-electron chi connectivity index (χ0n) is 45.3. The molecule has 0 bridgehead atoms. The number of allylic oxidation sites excluding steroid dienone is 7. The molecule has 0 aliphatic carbocycles. The number of phosphoric acid groups is 1. The Bertz CT molecular complexity index is 1310. The minimum absolute atomic E-state index is 0.0264. The number of esters is 1. The second-order valence-electron chi connectivity index (χ2n) is 20.4. The molecule has 0 spiro atoms. The molecule has 3 unspecified atom stereocenters. The molecule has 9 nitrogen and oxygen atoms in total. The van der Waals surface area contributed by atoms with Gasteiger partial charge in [-0.05, 0) is 89.5 Å². The molecule has 3 atom stereocenters. The maximum atomic E-state index is 13.4. The summed E-state index contributed by atoms with van der Waals surface area (Å²) < 4.78 is 30.2. The first-order chi connectivity index (χ1) is 32.9. The lowest BCUT2D eigenvalue weighted by atomic mass is 10.1. The van der Waals surface area contributed by atoms with Gasteiger partial charge in [-0.3, -0.25) is 14.2 Å². The van der Waals surface area contributed by atoms with Crippen molar-refractivity contribution in [1.82, 2.24) is 5.32 Å². The molecule has 10 heteroatoms. The van der Waals surface area contributed by atoms with Gasteiger partial charge in [0.25, 0.3) is 7.82 Å². The smallest absolute Gasteiger partial charge is 0.306 e. The van der Waals surface area contributed by atoms with Gasteiger partial charge in [0, 0.05) is 12.8 Å². The molecule has 0 heterocycles. The van der Waals surface area contributed by atoms with Crippen LogP contribution in [-0.4, -0.2) is 69.4 Å². The number of quaternary nitrogens is 1. The van der Waals surface area contributed by atoms with Gasteiger partial charge < -0.3 is 28.5 Å². The number of carbonyl (C=O) groups excluding carboxylic acids is 2. The highest BCUT2D eigenvalue weighted by Crippen LogP contribution is 2.38. The molecular formula is C58H109N2O7P. The minimum atomic E-state index is -4.70. The molecule has 0 aromatic heterocycles. The molecule has 0 radical (unpaired) electrons. The van der Waals surface area contributed by atoms with Gasteiger partial charge in [-0.1, -0.05) is 205 Å². The number of rotatable bonds is 51. The highest BCUT2D eigenvalue weighted by molar-refractivity contribution is 7.45. The highest BCUT2D eigenvalue weighted by Gasteiger charge is 2.27. The second kappa shape index (κ2) is 48.6. The van der Waals surface area contributed by atoms with E-state index in [1.54, 1.807) is 0 Å². The predicted molar refractivity (Wildman–Crippen MR) is 289 cm³/mol. The van der Waals surface area contributed by atoms with Crippen LogP contribution >= 0.6 is 7.82 Å². The first-order valence-corrected chi connectivity index (χ1v) is 29.9. The summed E-state index contributed by atoms with van der Waals surface area (Å²) in [7, 11) is 1.17. The molecular weight excluding hydrogens is 868 g/mol. The number of ether oxygens (including phenoxy) is 1. The average molecular weight is 977 g/mol. The summed E-state index contributed by atoms with van der Waals surface area (Å²) in [5.74, 6) is -0.566. The predicted octanol–water partition coefficient (Wildman–Crippen LogP) is 16.3. The number of phosphoric ester groups is 1. The Balaban J connectivity index is 5.35. The number of hydrogen-bond acceptors (Lipinski definition) is 7. The number of nitrogens with zero attached hydrogens (tertiary/aromatic N) is 1. The van der Waals surface area contributed by atoms with Crippen molar-refractivity contribution in [3.8, 4) is 0 Å². The molecule has 0 aliphatic heterocycles. The quantitative estimate of drug-likeness (QED) is 0.0212. The molecule has 1 amide bonds. The van der Waals surface area contributed by atoms with Crippen molar-refractivity contribution in [2.75, 3.05) is 40.9 Å². The fourth-order valence-corrected chi connectivity index (χ4v) is 8.74. The van der Waals surface area contributed by atoms with Crippen molar-refractivity contribution in [1.29, 1.82) is 0 Å². The third kappa shape index (κ3) is 49.0. The molecule has 0 rings (SSSR count). The Kier molecular flexibility index (Phi) is 47.1. The standard InChI is InChI=1S/C58H109N2O7P/c1-7-10-13-16-19-22-25-27-29-30-31-33-36-39-42-45-48-51-58(62)67-56(49-46-43-40-37-34-24-21-18-15-12-9-3)55(54-66-68(63,64)65-53-52-60(4,5)6)59-57(61)50-47-44-41-38-35-32-28-26-23-20-17-14-11-8-2/h19,22,27,29,32,35,46,49,55-56H,7-18,20-21,23-26,28,30-31,33-34,36-45,47-48,50-54H2,1-6H3,(H-,59,61,63,64)/b22-19-,29-27-,35-32-,49-46+. The molecule has 0 aromatic carbocycles. The maximum Gasteiger partial charge on any atom is 0.306 e. The van der Waals surface area contributed by atoms with Gasteiger partial charge >= 0.3 is 5.97 Å². The van der Waals surface area contributed by atoms with Crippen LogP contribution in [0.5, 0.6) is 0 Å². The van der Waals surface area contributed by atoms with Crippen LogP contribution in [0.15, 0.2) is 48.6 Å². The van der Waals surface area contributed by atoms with Gasteiger partial charge in [-0.2, -0.15) is 0 Å². The van der Waals surface area contributed by atoms with E-state index in [1.807, 2.05) is 33.3 Å². The summed E-state index contributed by atoms with van der Waals surface area (Å²) in [4.78, 5) is 39.8. The van der Waals surface area contributed by atoms with E-state index < -0.39 is 26.6 Å². The molecule has 1 N–H and O–H groups in total. The molecule has 0 fully saturated rings. The van der Waals surface area contributed by atoms with Crippen LogP contribution in [0, 0.1) is 0 Å². The number of nitrogens with one attached hydrogen (secondary N) is 1. The first kappa shape index (κ1) is 66.0. The van der Waals surface area contributed by atoms with Crippen LogP contribution in [-0.2, 0) is 27.9 Å². The zero-order valence-corrected chi connectivity index (χ0v) is 46.2. The van der Waals surface area contributed by atoms with Crippen LogP contribution in [0.4, 0.5) is 0 Å². The monoisotopic (exact) mass is 977 g/mol. The molecule has 0 aromatic rings. The Morgan fingerprint density at radius 1 is 0.515 bits per heavy atom. The highest BCUT2D eigenvalue weighted by atomic mass is 31.2. The number of hydrogen-bond donors (Lipinski definition) is 1. The third-order valence-corrected chi connectivity index (χ3v) is 13.4. The van der Waals surface area contributed by atoms with Crippen LogP contribution in [0.3, 0.4) is 0 Å². The van der Waals surface area contributed by atoms with Gasteiger partial charge in [0.2, 0.25) is 5.91 Å². The normalized spacial score (nSPS) is 14.2. The third-order valence-electron chi connectivity index (χ3n) is 12.5. The van der Waals surface area contributed by atoms with Gasteiger partial charge in [-0.25, -0.2) is 0 Å². The summed E-state index contributed by atoms with van der Waals surface area (Å²) in [6.07, 6.45) is 57.8. The van der Waals surface area contributed by atoms with Crippen molar-refractivity contribution >= 4 is 19.7 Å². The summed E-state index contributed by atoms with van der Waals surface area (Å²) in [5, 5.41) is 3.01. The van der Waals surface area contributed by atoms with E-state index in [-0.39, 0.29) is 24.9 Å². The Hall–Kier alpha value is -2.03. The number of likely N-dealkylation sites (N-methyl/N-ethyl adjacent to an activating group) is 1. The van der Waals surface area contributed by atoms with E-state index >= 15 is 0 Å². The Morgan fingerprint density at radius 3 is 1.38 bits per heavy atom. The van der Waals surface area contributed by atoms with E-state index in [4.69, 9.17) is 13.8 Å². The molecule has 398 valence electrons. The van der Waals surface area contributed by atoms with Crippen LogP contribution in [0.1, 0.15) is 258 Å². The van der Waals surface area contributed by atoms with Gasteiger partial charge in [-0.15, -0.1) is 0 Å². The van der Waals surface area contributed by atoms with E-state index in [2.05, 4.69) is 62.5 Å². The number of amides is 1. The van der Waals surface area contributed by atoms with E-state index in [1.165, 1.54) is 135 Å². The molecule has 0 saturated heterocycles. The topological polar surface area (TPSA) is 114 Å². The van der Waals surface area contributed by atoms with Crippen molar-refractivity contribution in [2.45, 2.75) is 270 Å². The molecule has 0 aliphatic rings. The number of carbonyl (C=O) groups is 2. The minimum Gasteiger partial charge on any atom is -0.756 e. The van der Waals surface area contributed by atoms with Crippen molar-refractivity contribution in [3.05, 3.63) is 48.6 Å². The van der Waals surface area contributed by atoms with Crippen molar-refractivity contribution in [2.24, 2.45) is 0 Å². The summed E-state index contributed by atoms with van der Waals surface area (Å²) >= 11 is 0. The summed E-state index contributed by atoms with van der Waals surface area (Å²) in [6, 6.07) is -0.897. The van der Waals surface area contributed by atoms with Crippen LogP contribution < -0.4 is 10.2 Å². The lowest BCUT2D eigenvalue weighted by Crippen LogP contribution is -2.47. The van der Waals surface area contributed by atoms with Gasteiger partial charge in [0.1, 0.15) is 19.3 Å². The lowest BCUT2D eigenvalue weighted by molar-refractivity contribution is -0.870. The van der Waals surface area contributed by atoms with Crippen molar-refractivity contribution in [3.63, 3.8) is 0 Å². The van der Waals surface area contributed by atoms with Gasteiger partial charge in [0.15, 0.2) is 0 Å². The average Bonchev–Trinajstić information content (AvgIpc) is 3.29. The van der Waals surface area contributed by atoms with E-state index in [0.717, 1.165) is 83.5 Å². The lowest BCUT2D eigenvalue weighted by Gasteiger charge is -2.30. The second-order valence-corrected chi connectivity index (χ2v) is 21.8. The van der Waals surface area contributed by atoms with Crippen LogP contribution in [0.25, 0.3) is 0 Å². The summed E-state index contributed by atoms with van der Waals surface area (Å²) in [5.41, 5.74) is 0. The molecule has 68 heavy (non-hydrogen) atoms. The summed E-state index contributed by atoms with van der Waals surface area (Å²) in [6.45, 7) is 6.79. The largest absolute Gasteiger partial charge is 0.756 e. The maximum absolute atomic E-state index is 13.4. The zero-order chi connectivity index (χ0) is 50.1. The first-order valence-electron chi connectivity index (χ1n) is 28.4. The fourth-order valence-electron chi connectivity index (χ4n) is 8.02. The number of unbranched alkanes of at least 4 members (excludes halogenated alkanes) is 29. The van der Waals surface area contributed by atoms with E-state index in [9.17, 15) is 19.0 Å². The molecule has 0 saturated carbocycles. The SMILES string of the molecule is CCCCC/C=C\C/C=C\CCCCCCCCCC(=O)OC(/C=C/CCCCCCCCCCC)C(COP(=O)([O-])OCC[N+](C)(C)C)NC(=O)CCCCC/C=C\CCCCCCCCC. The van der Waals surface area contributed by atoms with Crippen LogP contribution in [0.2, 0.25) is 0 Å². The Labute approximate surface area is 420 Å². The fraction of sp³-hybridized carbons (Fsp3) is 0.828.